The molecule has 0 spiro atoms. The summed E-state index contributed by atoms with van der Waals surface area (Å²) in [6, 6.07) is 19.5. The third-order valence-corrected chi connectivity index (χ3v) is 6.55. The van der Waals surface area contributed by atoms with E-state index in [4.69, 9.17) is 4.74 Å². The van der Waals surface area contributed by atoms with E-state index in [1.54, 1.807) is 47.4 Å². The lowest BCUT2D eigenvalue weighted by Crippen LogP contribution is -2.30. The van der Waals surface area contributed by atoms with Crippen LogP contribution in [0.1, 0.15) is 38.8 Å². The van der Waals surface area contributed by atoms with Crippen molar-refractivity contribution in [3.05, 3.63) is 89.0 Å². The summed E-state index contributed by atoms with van der Waals surface area (Å²) in [6.45, 7) is 4.39. The van der Waals surface area contributed by atoms with Crippen molar-refractivity contribution < 1.29 is 18.5 Å². The summed E-state index contributed by atoms with van der Waals surface area (Å²) in [7, 11) is -1.52. The van der Waals surface area contributed by atoms with E-state index in [1.807, 2.05) is 38.1 Å². The molecule has 6 heteroatoms. The Morgan fingerprint density at radius 3 is 2.47 bits per heavy atom. The number of carbonyl (C=O) groups is 2. The van der Waals surface area contributed by atoms with Gasteiger partial charge in [-0.05, 0) is 49.7 Å². The highest BCUT2D eigenvalue weighted by atomic mass is 32.2. The third kappa shape index (κ3) is 3.66. The van der Waals surface area contributed by atoms with E-state index in [9.17, 15) is 13.8 Å². The molecule has 1 aliphatic heterocycles. The largest absolute Gasteiger partial charge is 0.457 e. The van der Waals surface area contributed by atoms with Gasteiger partial charge in [0, 0.05) is 6.54 Å². The normalized spacial score (nSPS) is 15.2. The number of amides is 1. The molecule has 152 valence electrons. The molecule has 4 rings (SSSR count). The van der Waals surface area contributed by atoms with Crippen molar-refractivity contribution in [2.45, 2.75) is 30.2 Å². The van der Waals surface area contributed by atoms with Crippen LogP contribution in [0.25, 0.3) is 0 Å². The fourth-order valence-corrected chi connectivity index (χ4v) is 4.77. The number of rotatable bonds is 4. The molecule has 0 aliphatic carbocycles. The molecule has 1 heterocycles. The average molecular weight is 420 g/mol. The van der Waals surface area contributed by atoms with Crippen molar-refractivity contribution in [3.63, 3.8) is 0 Å². The minimum atomic E-state index is -1.52. The van der Waals surface area contributed by atoms with Crippen molar-refractivity contribution in [1.82, 2.24) is 0 Å². The molecule has 0 aromatic heterocycles. The fraction of sp³-hybridized carbons (Fsp3) is 0.167. The molecule has 1 atom stereocenters. The summed E-state index contributed by atoms with van der Waals surface area (Å²) in [5.41, 5.74) is 3.23. The Morgan fingerprint density at radius 2 is 1.73 bits per heavy atom. The Morgan fingerprint density at radius 1 is 1.00 bits per heavy atom. The molecule has 0 fully saturated rings. The molecule has 5 nitrogen and oxygen atoms in total. The fourth-order valence-electron chi connectivity index (χ4n) is 3.42. The van der Waals surface area contributed by atoms with Gasteiger partial charge in [0.25, 0.3) is 5.91 Å². The van der Waals surface area contributed by atoms with Gasteiger partial charge in [0.15, 0.2) is 0 Å². The first kappa shape index (κ1) is 20.0. The Bertz CT molecular complexity index is 1150. The van der Waals surface area contributed by atoms with Crippen molar-refractivity contribution in [2.24, 2.45) is 0 Å². The molecule has 1 aliphatic rings. The Hall–Kier alpha value is -3.25. The van der Waals surface area contributed by atoms with E-state index in [0.29, 0.717) is 33.2 Å². The first-order valence-corrected chi connectivity index (χ1v) is 10.8. The van der Waals surface area contributed by atoms with Crippen molar-refractivity contribution in [1.29, 1.82) is 0 Å². The van der Waals surface area contributed by atoms with Crippen LogP contribution in [0.15, 0.2) is 76.5 Å². The Balaban J connectivity index is 1.66. The van der Waals surface area contributed by atoms with E-state index in [2.05, 4.69) is 0 Å². The molecule has 0 saturated heterocycles. The summed E-state index contributed by atoms with van der Waals surface area (Å²) < 4.78 is 18.6. The van der Waals surface area contributed by atoms with Gasteiger partial charge in [-0.3, -0.25) is 4.79 Å². The van der Waals surface area contributed by atoms with Gasteiger partial charge in [0.2, 0.25) is 0 Å². The summed E-state index contributed by atoms with van der Waals surface area (Å²) in [6.07, 6.45) is 0. The van der Waals surface area contributed by atoms with Crippen molar-refractivity contribution in [3.8, 4) is 0 Å². The predicted molar refractivity (Wildman–Crippen MR) is 115 cm³/mol. The summed E-state index contributed by atoms with van der Waals surface area (Å²) in [4.78, 5) is 28.2. The minimum Gasteiger partial charge on any atom is -0.457 e. The van der Waals surface area contributed by atoms with E-state index in [-0.39, 0.29) is 12.5 Å². The molecule has 0 N–H and O–H groups in total. The summed E-state index contributed by atoms with van der Waals surface area (Å²) >= 11 is 0. The van der Waals surface area contributed by atoms with Crippen LogP contribution in [-0.2, 0) is 22.1 Å². The van der Waals surface area contributed by atoms with E-state index >= 15 is 0 Å². The number of fused-ring (bicyclic) bond motifs is 2. The molecule has 0 radical (unpaired) electrons. The lowest BCUT2D eigenvalue weighted by atomic mass is 10.1. The standard InChI is InChI=1S/C24H21NO4S/c1-3-25-20-14-18(24(27)29-15-17-10-8-16(2)9-11-17)12-13-22(20)30(28)21-7-5-4-6-19(21)23(25)26/h4-14H,3,15H2,1-2H3. The van der Waals surface area contributed by atoms with Crippen molar-refractivity contribution in [2.75, 3.05) is 11.4 Å². The zero-order valence-electron chi connectivity index (χ0n) is 16.8. The molecule has 3 aromatic rings. The Labute approximate surface area is 177 Å². The SMILES string of the molecule is CCN1C(=O)c2ccccc2S(=O)c2ccc(C(=O)OCc3ccc(C)cc3)cc21. The van der Waals surface area contributed by atoms with Crippen LogP contribution in [-0.4, -0.2) is 22.6 Å². The van der Waals surface area contributed by atoms with Gasteiger partial charge in [0.05, 0.1) is 37.4 Å². The second kappa shape index (κ2) is 8.24. The van der Waals surface area contributed by atoms with Gasteiger partial charge < -0.3 is 9.64 Å². The second-order valence-corrected chi connectivity index (χ2v) is 8.48. The van der Waals surface area contributed by atoms with Crippen LogP contribution in [0.4, 0.5) is 5.69 Å². The van der Waals surface area contributed by atoms with Gasteiger partial charge in [-0.25, -0.2) is 9.00 Å². The Kier molecular flexibility index (Phi) is 5.50. The van der Waals surface area contributed by atoms with Gasteiger partial charge in [-0.15, -0.1) is 0 Å². The summed E-state index contributed by atoms with van der Waals surface area (Å²) in [5, 5.41) is 0. The van der Waals surface area contributed by atoms with E-state index < -0.39 is 16.8 Å². The van der Waals surface area contributed by atoms with Crippen LogP contribution >= 0.6 is 0 Å². The lowest BCUT2D eigenvalue weighted by molar-refractivity contribution is 0.0472. The minimum absolute atomic E-state index is 0.157. The predicted octanol–water partition coefficient (Wildman–Crippen LogP) is 4.50. The maximum atomic E-state index is 13.2. The molecule has 1 unspecified atom stereocenters. The number of carbonyl (C=O) groups excluding carboxylic acids is 2. The maximum absolute atomic E-state index is 13.2. The number of anilines is 1. The molecule has 3 aromatic carbocycles. The van der Waals surface area contributed by atoms with E-state index in [0.717, 1.165) is 11.1 Å². The van der Waals surface area contributed by atoms with Gasteiger partial charge >= 0.3 is 5.97 Å². The van der Waals surface area contributed by atoms with Gasteiger partial charge in [0.1, 0.15) is 6.61 Å². The number of hydrogen-bond acceptors (Lipinski definition) is 4. The maximum Gasteiger partial charge on any atom is 0.338 e. The lowest BCUT2D eigenvalue weighted by Gasteiger charge is -2.21. The van der Waals surface area contributed by atoms with Crippen LogP contribution < -0.4 is 4.90 Å². The number of ether oxygens (including phenoxy) is 1. The molecule has 0 bridgehead atoms. The molecule has 30 heavy (non-hydrogen) atoms. The third-order valence-electron chi connectivity index (χ3n) is 5.05. The van der Waals surface area contributed by atoms with Crippen LogP contribution in [0.3, 0.4) is 0 Å². The number of benzene rings is 3. The molecule has 1 amide bonds. The second-order valence-electron chi connectivity index (χ2n) is 7.06. The first-order valence-electron chi connectivity index (χ1n) is 9.69. The van der Waals surface area contributed by atoms with Crippen LogP contribution in [0.5, 0.6) is 0 Å². The van der Waals surface area contributed by atoms with Crippen LogP contribution in [0, 0.1) is 6.92 Å². The molecular weight excluding hydrogens is 398 g/mol. The summed E-state index contributed by atoms with van der Waals surface area (Å²) in [5.74, 6) is -0.722. The molecule has 0 saturated carbocycles. The van der Waals surface area contributed by atoms with Gasteiger partial charge in [-0.1, -0.05) is 42.0 Å². The highest BCUT2D eigenvalue weighted by molar-refractivity contribution is 7.85. The number of aryl methyl sites for hydroxylation is 1. The number of esters is 1. The first-order chi connectivity index (χ1) is 14.5. The average Bonchev–Trinajstić information content (AvgIpc) is 2.86. The number of hydrogen-bond donors (Lipinski definition) is 0. The number of nitrogens with zero attached hydrogens (tertiary/aromatic N) is 1. The zero-order chi connectivity index (χ0) is 21.3. The topological polar surface area (TPSA) is 63.7 Å². The molecular formula is C24H21NO4S. The quantitative estimate of drug-likeness (QED) is 0.584. The zero-order valence-corrected chi connectivity index (χ0v) is 17.6. The van der Waals surface area contributed by atoms with Gasteiger partial charge in [-0.2, -0.15) is 0 Å². The van der Waals surface area contributed by atoms with Crippen LogP contribution in [0.2, 0.25) is 0 Å². The monoisotopic (exact) mass is 419 g/mol. The van der Waals surface area contributed by atoms with Crippen molar-refractivity contribution >= 4 is 28.4 Å². The smallest absolute Gasteiger partial charge is 0.338 e. The van der Waals surface area contributed by atoms with E-state index in [1.165, 1.54) is 0 Å². The highest BCUT2D eigenvalue weighted by Crippen LogP contribution is 2.35. The highest BCUT2D eigenvalue weighted by Gasteiger charge is 2.30.